The Morgan fingerprint density at radius 2 is 2.07 bits per heavy atom. The van der Waals surface area contributed by atoms with Crippen LogP contribution in [0.25, 0.3) is 16.9 Å². The first-order valence-electron chi connectivity index (χ1n) is 9.94. The van der Waals surface area contributed by atoms with Gasteiger partial charge in [-0.05, 0) is 31.2 Å². The zero-order chi connectivity index (χ0) is 20.2. The lowest BCUT2D eigenvalue weighted by atomic mass is 9.96. The van der Waals surface area contributed by atoms with E-state index >= 15 is 0 Å². The Bertz CT molecular complexity index is 1280. The third kappa shape index (κ3) is 2.47. The molecule has 0 spiro atoms. The van der Waals surface area contributed by atoms with Crippen molar-refractivity contribution in [3.05, 3.63) is 53.7 Å². The highest BCUT2D eigenvalue weighted by Gasteiger charge is 2.31. The largest absolute Gasteiger partial charge is 0.493 e. The van der Waals surface area contributed by atoms with Crippen molar-refractivity contribution in [3.63, 3.8) is 0 Å². The average Bonchev–Trinajstić information content (AvgIpc) is 3.50. The summed E-state index contributed by atoms with van der Waals surface area (Å²) in [5, 5.41) is 16.3. The second kappa shape index (κ2) is 6.45. The van der Waals surface area contributed by atoms with E-state index in [0.29, 0.717) is 42.5 Å². The molecule has 9 heteroatoms. The highest BCUT2D eigenvalue weighted by molar-refractivity contribution is 5.80. The van der Waals surface area contributed by atoms with Crippen molar-refractivity contribution < 1.29 is 13.9 Å². The zero-order valence-electron chi connectivity index (χ0n) is 16.3. The molecule has 1 N–H and O–H groups in total. The van der Waals surface area contributed by atoms with Crippen LogP contribution in [0.3, 0.4) is 0 Å². The smallest absolute Gasteiger partial charge is 0.171 e. The van der Waals surface area contributed by atoms with Crippen LogP contribution < -0.4 is 14.8 Å². The third-order valence-electron chi connectivity index (χ3n) is 5.76. The van der Waals surface area contributed by atoms with E-state index in [1.54, 1.807) is 12.4 Å². The first kappa shape index (κ1) is 17.3. The number of hydrogen-bond acceptors (Lipinski definition) is 6. The lowest BCUT2D eigenvalue weighted by Gasteiger charge is -2.16. The summed E-state index contributed by atoms with van der Waals surface area (Å²) in [5.74, 6) is 1.78. The van der Waals surface area contributed by atoms with Gasteiger partial charge in [0.15, 0.2) is 17.2 Å². The van der Waals surface area contributed by atoms with Crippen molar-refractivity contribution in [3.8, 4) is 22.8 Å². The lowest BCUT2D eigenvalue weighted by molar-refractivity contribution is 0.249. The molecule has 152 valence electrons. The number of anilines is 1. The minimum Gasteiger partial charge on any atom is -0.493 e. The molecule has 1 atom stereocenters. The summed E-state index contributed by atoms with van der Waals surface area (Å²) in [5.41, 5.74) is 3.77. The van der Waals surface area contributed by atoms with Gasteiger partial charge < -0.3 is 14.8 Å². The summed E-state index contributed by atoms with van der Waals surface area (Å²) in [4.78, 5) is 0. The molecular weight excluding hydrogens is 387 g/mol. The predicted molar refractivity (Wildman–Crippen MR) is 107 cm³/mol. The summed E-state index contributed by atoms with van der Waals surface area (Å²) in [6.45, 7) is 3.98. The van der Waals surface area contributed by atoms with Crippen molar-refractivity contribution >= 4 is 11.5 Å². The van der Waals surface area contributed by atoms with Crippen molar-refractivity contribution in [2.75, 3.05) is 18.5 Å². The second-order valence-corrected chi connectivity index (χ2v) is 7.46. The molecule has 0 saturated carbocycles. The van der Waals surface area contributed by atoms with Gasteiger partial charge in [-0.1, -0.05) is 0 Å². The van der Waals surface area contributed by atoms with Gasteiger partial charge in [-0.3, -0.25) is 9.08 Å². The van der Waals surface area contributed by atoms with Crippen LogP contribution in [0.15, 0.2) is 36.8 Å². The molecule has 0 fully saturated rings. The topological polar surface area (TPSA) is 78.5 Å². The Morgan fingerprint density at radius 3 is 2.90 bits per heavy atom. The highest BCUT2D eigenvalue weighted by atomic mass is 19.1. The third-order valence-corrected chi connectivity index (χ3v) is 5.76. The molecule has 8 nitrogen and oxygen atoms in total. The van der Waals surface area contributed by atoms with E-state index in [1.165, 1.54) is 6.07 Å². The molecule has 30 heavy (non-hydrogen) atoms. The Labute approximate surface area is 171 Å². The normalized spacial score (nSPS) is 17.2. The molecule has 5 heterocycles. The Hall–Kier alpha value is -3.62. The van der Waals surface area contributed by atoms with Crippen LogP contribution in [0, 0.1) is 5.82 Å². The minimum absolute atomic E-state index is 0.0298. The predicted octanol–water partition coefficient (Wildman–Crippen LogP) is 3.23. The molecular formula is C21H19FN6O2. The highest BCUT2D eigenvalue weighted by Crippen LogP contribution is 2.41. The van der Waals surface area contributed by atoms with Crippen molar-refractivity contribution in [2.24, 2.45) is 0 Å². The van der Waals surface area contributed by atoms with Crippen LogP contribution in [-0.2, 0) is 13.1 Å². The van der Waals surface area contributed by atoms with Crippen LogP contribution in [0.2, 0.25) is 0 Å². The van der Waals surface area contributed by atoms with Gasteiger partial charge in [-0.2, -0.15) is 5.10 Å². The van der Waals surface area contributed by atoms with Crippen molar-refractivity contribution in [1.82, 2.24) is 24.4 Å². The van der Waals surface area contributed by atoms with Crippen LogP contribution in [0.1, 0.15) is 24.0 Å². The van der Waals surface area contributed by atoms with Gasteiger partial charge in [0, 0.05) is 30.4 Å². The second-order valence-electron chi connectivity index (χ2n) is 7.46. The zero-order valence-corrected chi connectivity index (χ0v) is 16.3. The molecule has 2 aliphatic rings. The standard InChI is InChI=1S/C21H19FN6O2/c1-2-27-6-5-16(26-27)13-7-18-21(28-11-24-25-20(13)28)23-8-14-15(22)3-4-17-19(14)12(9-29-17)10-30-18/h3-7,11-12,23H,2,8-10H2,1H3/t12-/m0/s1. The van der Waals surface area contributed by atoms with Crippen LogP contribution in [-0.4, -0.2) is 37.6 Å². The van der Waals surface area contributed by atoms with Gasteiger partial charge in [0.2, 0.25) is 0 Å². The maximum Gasteiger partial charge on any atom is 0.171 e. The molecule has 0 bridgehead atoms. The van der Waals surface area contributed by atoms with E-state index in [4.69, 9.17) is 9.47 Å². The Balaban J connectivity index is 1.50. The molecule has 0 saturated heterocycles. The number of aromatic nitrogens is 5. The minimum atomic E-state index is -0.248. The van der Waals surface area contributed by atoms with Gasteiger partial charge in [-0.25, -0.2) is 4.39 Å². The number of hydrogen-bond donors (Lipinski definition) is 1. The van der Waals surface area contributed by atoms with E-state index in [-0.39, 0.29) is 11.7 Å². The lowest BCUT2D eigenvalue weighted by Crippen LogP contribution is -2.13. The van der Waals surface area contributed by atoms with E-state index < -0.39 is 0 Å². The van der Waals surface area contributed by atoms with Gasteiger partial charge in [0.25, 0.3) is 0 Å². The summed E-state index contributed by atoms with van der Waals surface area (Å²) in [6, 6.07) is 7.03. The van der Waals surface area contributed by atoms with E-state index in [1.807, 2.05) is 34.3 Å². The van der Waals surface area contributed by atoms with Gasteiger partial charge >= 0.3 is 0 Å². The summed E-state index contributed by atoms with van der Waals surface area (Å²) >= 11 is 0. The van der Waals surface area contributed by atoms with Crippen molar-refractivity contribution in [2.45, 2.75) is 25.9 Å². The summed E-state index contributed by atoms with van der Waals surface area (Å²) in [7, 11) is 0. The molecule has 0 radical (unpaired) electrons. The van der Waals surface area contributed by atoms with E-state index in [2.05, 4.69) is 20.6 Å². The van der Waals surface area contributed by atoms with Gasteiger partial charge in [-0.15, -0.1) is 10.2 Å². The fourth-order valence-corrected chi connectivity index (χ4v) is 4.25. The number of benzene rings is 1. The van der Waals surface area contributed by atoms with E-state index in [0.717, 1.165) is 29.1 Å². The van der Waals surface area contributed by atoms with Crippen LogP contribution in [0.5, 0.6) is 11.5 Å². The Kier molecular flexibility index (Phi) is 3.71. The number of fused-ring (bicyclic) bond motifs is 3. The fraction of sp³-hybridized carbons (Fsp3) is 0.286. The molecule has 0 amide bonds. The molecule has 0 unspecified atom stereocenters. The summed E-state index contributed by atoms with van der Waals surface area (Å²) in [6.07, 6.45) is 3.56. The Morgan fingerprint density at radius 1 is 1.20 bits per heavy atom. The van der Waals surface area contributed by atoms with Gasteiger partial charge in [0.05, 0.1) is 30.4 Å². The first-order valence-corrected chi connectivity index (χ1v) is 9.94. The molecule has 0 aliphatic carbocycles. The number of pyridine rings is 1. The molecule has 3 aromatic heterocycles. The van der Waals surface area contributed by atoms with Crippen molar-refractivity contribution in [1.29, 1.82) is 0 Å². The van der Waals surface area contributed by atoms with Gasteiger partial charge in [0.1, 0.15) is 17.9 Å². The number of nitrogens with one attached hydrogen (secondary N) is 1. The first-order chi connectivity index (χ1) is 14.7. The fourth-order valence-electron chi connectivity index (χ4n) is 4.25. The molecule has 1 aromatic carbocycles. The molecule has 4 aromatic rings. The van der Waals surface area contributed by atoms with E-state index in [9.17, 15) is 4.39 Å². The quantitative estimate of drug-likeness (QED) is 0.551. The maximum atomic E-state index is 14.7. The number of nitrogens with zero attached hydrogens (tertiary/aromatic N) is 5. The number of halogens is 1. The maximum absolute atomic E-state index is 14.7. The van der Waals surface area contributed by atoms with Crippen LogP contribution >= 0.6 is 0 Å². The summed E-state index contributed by atoms with van der Waals surface area (Å²) < 4.78 is 30.4. The number of aryl methyl sites for hydroxylation is 1. The van der Waals surface area contributed by atoms with Crippen LogP contribution in [0.4, 0.5) is 10.2 Å². The average molecular weight is 406 g/mol. The SMILES string of the molecule is CCn1ccc(-c2cc3c(n4cnnc24)NCc2c(F)ccc4c2[C@@H](CO4)CO3)n1. The molecule has 6 rings (SSSR count). The molecule has 2 aliphatic heterocycles. The monoisotopic (exact) mass is 406 g/mol. The number of ether oxygens (including phenoxy) is 2. The number of rotatable bonds is 2.